The van der Waals surface area contributed by atoms with Crippen molar-refractivity contribution < 1.29 is 4.74 Å². The number of nitrogens with one attached hydrogen (secondary N) is 1. The number of guanidine groups is 1. The van der Waals surface area contributed by atoms with Gasteiger partial charge in [0.15, 0.2) is 5.96 Å². The molecular formula is C15H25N3O. The van der Waals surface area contributed by atoms with Gasteiger partial charge in [-0.25, -0.2) is 0 Å². The van der Waals surface area contributed by atoms with Crippen LogP contribution in [-0.2, 0) is 6.42 Å². The summed E-state index contributed by atoms with van der Waals surface area (Å²) in [6.07, 6.45) is 1.97. The van der Waals surface area contributed by atoms with Crippen molar-refractivity contribution in [2.24, 2.45) is 16.6 Å². The van der Waals surface area contributed by atoms with Crippen LogP contribution in [0.2, 0.25) is 0 Å². The summed E-state index contributed by atoms with van der Waals surface area (Å²) in [5, 5.41) is 3.13. The van der Waals surface area contributed by atoms with Gasteiger partial charge in [0.1, 0.15) is 5.75 Å². The van der Waals surface area contributed by atoms with Crippen molar-refractivity contribution >= 4 is 5.96 Å². The second-order valence-electron chi connectivity index (χ2n) is 4.98. The minimum absolute atomic E-state index is 0.531. The number of ether oxygens (including phenoxy) is 1. The zero-order chi connectivity index (χ0) is 14.1. The average molecular weight is 263 g/mol. The lowest BCUT2D eigenvalue weighted by Crippen LogP contribution is -2.33. The smallest absolute Gasteiger partial charge is 0.188 e. The largest absolute Gasteiger partial charge is 0.497 e. The SMILES string of the molecule is COc1cccc(CCNC(N)=NCCC(C)C)c1. The van der Waals surface area contributed by atoms with Crippen molar-refractivity contribution in [1.29, 1.82) is 0 Å². The lowest BCUT2D eigenvalue weighted by Gasteiger charge is -2.07. The van der Waals surface area contributed by atoms with Gasteiger partial charge in [0.25, 0.3) is 0 Å². The van der Waals surface area contributed by atoms with E-state index in [2.05, 4.69) is 30.2 Å². The molecule has 0 aliphatic carbocycles. The first-order valence-electron chi connectivity index (χ1n) is 6.78. The van der Waals surface area contributed by atoms with Gasteiger partial charge in [-0.2, -0.15) is 0 Å². The van der Waals surface area contributed by atoms with Crippen LogP contribution in [0.3, 0.4) is 0 Å². The molecule has 19 heavy (non-hydrogen) atoms. The molecule has 0 spiro atoms. The number of rotatable bonds is 7. The monoisotopic (exact) mass is 263 g/mol. The Bertz CT molecular complexity index is 402. The first-order valence-corrected chi connectivity index (χ1v) is 6.78. The summed E-state index contributed by atoms with van der Waals surface area (Å²) in [6, 6.07) is 8.05. The summed E-state index contributed by atoms with van der Waals surface area (Å²) in [5.41, 5.74) is 7.02. The van der Waals surface area contributed by atoms with Crippen molar-refractivity contribution in [2.75, 3.05) is 20.2 Å². The van der Waals surface area contributed by atoms with Crippen LogP contribution < -0.4 is 15.8 Å². The van der Waals surface area contributed by atoms with E-state index in [1.165, 1.54) is 5.56 Å². The number of hydrogen-bond acceptors (Lipinski definition) is 2. The predicted molar refractivity (Wildman–Crippen MR) is 80.6 cm³/mol. The molecule has 4 nitrogen and oxygen atoms in total. The van der Waals surface area contributed by atoms with E-state index in [1.54, 1.807) is 7.11 Å². The molecule has 0 radical (unpaired) electrons. The highest BCUT2D eigenvalue weighted by Crippen LogP contribution is 2.12. The molecule has 1 aromatic carbocycles. The molecular weight excluding hydrogens is 238 g/mol. The highest BCUT2D eigenvalue weighted by molar-refractivity contribution is 5.77. The van der Waals surface area contributed by atoms with Crippen LogP contribution in [0.1, 0.15) is 25.8 Å². The Balaban J connectivity index is 2.29. The van der Waals surface area contributed by atoms with Gasteiger partial charge in [-0.15, -0.1) is 0 Å². The van der Waals surface area contributed by atoms with Crippen LogP contribution in [0.4, 0.5) is 0 Å². The minimum atomic E-state index is 0.531. The highest BCUT2D eigenvalue weighted by atomic mass is 16.5. The summed E-state index contributed by atoms with van der Waals surface area (Å²) in [6.45, 7) is 5.93. The van der Waals surface area contributed by atoms with Crippen molar-refractivity contribution in [3.05, 3.63) is 29.8 Å². The number of aliphatic imine (C=N–C) groups is 1. The quantitative estimate of drug-likeness (QED) is 0.585. The number of methoxy groups -OCH3 is 1. The molecule has 0 saturated carbocycles. The molecule has 4 heteroatoms. The molecule has 0 atom stereocenters. The predicted octanol–water partition coefficient (Wildman–Crippen LogP) is 2.19. The fourth-order valence-corrected chi connectivity index (χ4v) is 1.66. The lowest BCUT2D eigenvalue weighted by molar-refractivity contribution is 0.414. The van der Waals surface area contributed by atoms with Crippen molar-refractivity contribution in [3.8, 4) is 5.75 Å². The Morgan fingerprint density at radius 2 is 2.21 bits per heavy atom. The number of benzene rings is 1. The third-order valence-corrected chi connectivity index (χ3v) is 2.84. The van der Waals surface area contributed by atoms with Gasteiger partial charge in [-0.1, -0.05) is 26.0 Å². The highest BCUT2D eigenvalue weighted by Gasteiger charge is 1.97. The molecule has 3 N–H and O–H groups in total. The van der Waals surface area contributed by atoms with E-state index in [1.807, 2.05) is 18.2 Å². The second-order valence-corrected chi connectivity index (χ2v) is 4.98. The van der Waals surface area contributed by atoms with Gasteiger partial charge in [0.05, 0.1) is 7.11 Å². The first-order chi connectivity index (χ1) is 9.11. The summed E-state index contributed by atoms with van der Waals surface area (Å²) < 4.78 is 5.19. The van der Waals surface area contributed by atoms with Gasteiger partial charge < -0.3 is 15.8 Å². The minimum Gasteiger partial charge on any atom is -0.497 e. The normalized spacial score (nSPS) is 11.7. The molecule has 0 unspecified atom stereocenters. The molecule has 106 valence electrons. The van der Waals surface area contributed by atoms with E-state index in [9.17, 15) is 0 Å². The molecule has 0 saturated heterocycles. The Hall–Kier alpha value is -1.71. The van der Waals surface area contributed by atoms with E-state index in [0.29, 0.717) is 11.9 Å². The lowest BCUT2D eigenvalue weighted by atomic mass is 10.1. The van der Waals surface area contributed by atoms with Gasteiger partial charge >= 0.3 is 0 Å². The van der Waals surface area contributed by atoms with Crippen LogP contribution >= 0.6 is 0 Å². The summed E-state index contributed by atoms with van der Waals surface area (Å²) in [7, 11) is 1.68. The van der Waals surface area contributed by atoms with Gasteiger partial charge in [0.2, 0.25) is 0 Å². The van der Waals surface area contributed by atoms with Gasteiger partial charge in [-0.05, 0) is 36.5 Å². The topological polar surface area (TPSA) is 59.6 Å². The van der Waals surface area contributed by atoms with E-state index < -0.39 is 0 Å². The van der Waals surface area contributed by atoms with Crippen LogP contribution in [0, 0.1) is 5.92 Å². The van der Waals surface area contributed by atoms with E-state index in [0.717, 1.165) is 31.7 Å². The number of nitrogens with zero attached hydrogens (tertiary/aromatic N) is 1. The Morgan fingerprint density at radius 1 is 1.42 bits per heavy atom. The maximum absolute atomic E-state index is 5.79. The Morgan fingerprint density at radius 3 is 2.89 bits per heavy atom. The maximum Gasteiger partial charge on any atom is 0.188 e. The molecule has 0 amide bonds. The zero-order valence-electron chi connectivity index (χ0n) is 12.1. The Kier molecular flexibility index (Phi) is 6.79. The number of nitrogens with two attached hydrogens (primary N) is 1. The fourth-order valence-electron chi connectivity index (χ4n) is 1.66. The fraction of sp³-hybridized carbons (Fsp3) is 0.533. The van der Waals surface area contributed by atoms with E-state index >= 15 is 0 Å². The molecule has 0 heterocycles. The summed E-state index contributed by atoms with van der Waals surface area (Å²) in [5.74, 6) is 2.08. The maximum atomic E-state index is 5.79. The van der Waals surface area contributed by atoms with Gasteiger partial charge in [-0.3, -0.25) is 4.99 Å². The third kappa shape index (κ3) is 6.70. The van der Waals surface area contributed by atoms with E-state index in [-0.39, 0.29) is 0 Å². The molecule has 0 aliphatic heterocycles. The van der Waals surface area contributed by atoms with Crippen molar-refractivity contribution in [1.82, 2.24) is 5.32 Å². The first kappa shape index (κ1) is 15.3. The van der Waals surface area contributed by atoms with Crippen molar-refractivity contribution in [2.45, 2.75) is 26.7 Å². The molecule has 1 rings (SSSR count). The second kappa shape index (κ2) is 8.40. The summed E-state index contributed by atoms with van der Waals surface area (Å²) >= 11 is 0. The molecule has 1 aromatic rings. The molecule has 0 aliphatic rings. The molecule has 0 aromatic heterocycles. The zero-order valence-corrected chi connectivity index (χ0v) is 12.1. The van der Waals surface area contributed by atoms with Crippen LogP contribution in [0.25, 0.3) is 0 Å². The van der Waals surface area contributed by atoms with Crippen LogP contribution in [-0.4, -0.2) is 26.2 Å². The third-order valence-electron chi connectivity index (χ3n) is 2.84. The molecule has 0 bridgehead atoms. The van der Waals surface area contributed by atoms with Crippen LogP contribution in [0.5, 0.6) is 5.75 Å². The Labute approximate surface area is 116 Å². The number of hydrogen-bond donors (Lipinski definition) is 2. The van der Waals surface area contributed by atoms with Crippen LogP contribution in [0.15, 0.2) is 29.3 Å². The van der Waals surface area contributed by atoms with E-state index in [4.69, 9.17) is 10.5 Å². The standard InChI is InChI=1S/C15H25N3O/c1-12(2)7-9-17-15(16)18-10-8-13-5-4-6-14(11-13)19-3/h4-6,11-12H,7-10H2,1-3H3,(H3,16,17,18). The summed E-state index contributed by atoms with van der Waals surface area (Å²) in [4.78, 5) is 4.29. The van der Waals surface area contributed by atoms with Crippen molar-refractivity contribution in [3.63, 3.8) is 0 Å². The average Bonchev–Trinajstić information content (AvgIpc) is 2.38. The van der Waals surface area contributed by atoms with Gasteiger partial charge in [0, 0.05) is 13.1 Å². The molecule has 0 fully saturated rings.